The molecule has 1 unspecified atom stereocenters. The Balaban J connectivity index is 2.16. The summed E-state index contributed by atoms with van der Waals surface area (Å²) in [6.07, 6.45) is -2.30. The molecule has 0 fully saturated rings. The van der Waals surface area contributed by atoms with Gasteiger partial charge in [-0.15, -0.1) is 0 Å². The van der Waals surface area contributed by atoms with E-state index in [1.165, 1.54) is 24.3 Å². The molecule has 1 heterocycles. The van der Waals surface area contributed by atoms with Crippen molar-refractivity contribution < 1.29 is 32.3 Å². The van der Waals surface area contributed by atoms with Crippen molar-refractivity contribution in [3.05, 3.63) is 63.5 Å². The zero-order valence-electron chi connectivity index (χ0n) is 19.0. The molecule has 8 heteroatoms. The van der Waals surface area contributed by atoms with Crippen molar-refractivity contribution in [3.8, 4) is 17.2 Å². The molecule has 0 radical (unpaired) electrons. The fraction of sp³-hybridized carbons (Fsp3) is 0.400. The Bertz CT molecular complexity index is 1150. The smallest absolute Gasteiger partial charge is 0.453 e. The van der Waals surface area contributed by atoms with E-state index in [9.17, 15) is 23.1 Å². The first-order valence-electron chi connectivity index (χ1n) is 11.2. The second-order valence-electron chi connectivity index (χ2n) is 8.01. The predicted molar refractivity (Wildman–Crippen MR) is 120 cm³/mol. The minimum Gasteiger partial charge on any atom is -0.507 e. The summed E-state index contributed by atoms with van der Waals surface area (Å²) >= 11 is 0. The van der Waals surface area contributed by atoms with Crippen LogP contribution in [0.4, 0.5) is 13.2 Å². The van der Waals surface area contributed by atoms with E-state index in [0.29, 0.717) is 6.54 Å². The summed E-state index contributed by atoms with van der Waals surface area (Å²) in [5.41, 5.74) is -0.0311. The lowest BCUT2D eigenvalue weighted by Gasteiger charge is -2.19. The lowest BCUT2D eigenvalue weighted by molar-refractivity contribution is -0.912. The minimum absolute atomic E-state index is 0.0677. The van der Waals surface area contributed by atoms with Crippen LogP contribution in [0.1, 0.15) is 50.5 Å². The van der Waals surface area contributed by atoms with Crippen molar-refractivity contribution in [2.45, 2.75) is 52.8 Å². The van der Waals surface area contributed by atoms with Gasteiger partial charge >= 0.3 is 6.18 Å². The molecule has 0 aliphatic carbocycles. The molecule has 0 saturated carbocycles. The molecule has 3 aromatic rings. The van der Waals surface area contributed by atoms with Crippen molar-refractivity contribution in [2.24, 2.45) is 0 Å². The first-order valence-corrected chi connectivity index (χ1v) is 11.2. The zero-order chi connectivity index (χ0) is 24.2. The Labute approximate surface area is 190 Å². The van der Waals surface area contributed by atoms with Crippen molar-refractivity contribution in [1.29, 1.82) is 0 Å². The van der Waals surface area contributed by atoms with E-state index in [2.05, 4.69) is 6.92 Å². The number of aryl methyl sites for hydroxylation is 1. The van der Waals surface area contributed by atoms with Gasteiger partial charge in [0.1, 0.15) is 18.0 Å². The van der Waals surface area contributed by atoms with Crippen LogP contribution in [0, 0.1) is 0 Å². The number of benzene rings is 2. The van der Waals surface area contributed by atoms with Crippen LogP contribution < -0.4 is 15.1 Å². The number of rotatable bonds is 9. The van der Waals surface area contributed by atoms with Gasteiger partial charge in [0.25, 0.3) is 5.76 Å². The van der Waals surface area contributed by atoms with Crippen molar-refractivity contribution in [2.75, 3.05) is 13.1 Å². The van der Waals surface area contributed by atoms with Crippen LogP contribution >= 0.6 is 0 Å². The molecule has 3 rings (SSSR count). The Hall–Kier alpha value is -3.00. The highest BCUT2D eigenvalue weighted by Gasteiger charge is 2.41. The van der Waals surface area contributed by atoms with E-state index in [-0.39, 0.29) is 34.6 Å². The van der Waals surface area contributed by atoms with Gasteiger partial charge in [0.05, 0.1) is 24.0 Å². The largest absolute Gasteiger partial charge is 0.507 e. The number of ether oxygens (including phenoxy) is 1. The summed E-state index contributed by atoms with van der Waals surface area (Å²) in [6, 6.07) is 9.06. The quantitative estimate of drug-likeness (QED) is 0.464. The highest BCUT2D eigenvalue weighted by Crippen LogP contribution is 2.39. The van der Waals surface area contributed by atoms with Gasteiger partial charge in [-0.1, -0.05) is 32.4 Å². The molecule has 33 heavy (non-hydrogen) atoms. The second kappa shape index (κ2) is 10.3. The van der Waals surface area contributed by atoms with Gasteiger partial charge in [-0.25, -0.2) is 0 Å². The number of alkyl halides is 3. The molecule has 2 N–H and O–H groups in total. The number of phenolic OH excluding ortho intramolecular Hbond substituents is 1. The lowest BCUT2D eigenvalue weighted by Crippen LogP contribution is -3.10. The topological polar surface area (TPSA) is 64.1 Å². The number of unbranched alkanes of at least 4 members (excludes halogenated alkanes) is 1. The van der Waals surface area contributed by atoms with Gasteiger partial charge in [-0.2, -0.15) is 13.2 Å². The third kappa shape index (κ3) is 5.50. The lowest BCUT2D eigenvalue weighted by atomic mass is 10.1. The normalized spacial score (nSPS) is 12.8. The molecule has 0 aliphatic heterocycles. The SMILES string of the molecule is CCCC[NH+](CC)Cc1c(O)ccc2c(=O)c(Oc3ccc(CC)cc3)c(C(F)(F)F)oc12. The summed E-state index contributed by atoms with van der Waals surface area (Å²) in [6.45, 7) is 7.69. The van der Waals surface area contributed by atoms with Crippen LogP contribution in [0.15, 0.2) is 45.6 Å². The minimum atomic E-state index is -4.96. The van der Waals surface area contributed by atoms with E-state index in [0.717, 1.165) is 36.3 Å². The highest BCUT2D eigenvalue weighted by molar-refractivity contribution is 5.83. The van der Waals surface area contributed by atoms with E-state index in [1.807, 2.05) is 13.8 Å². The summed E-state index contributed by atoms with van der Waals surface area (Å²) in [5.74, 6) is -2.53. The first-order chi connectivity index (χ1) is 15.7. The Morgan fingerprint density at radius 3 is 2.33 bits per heavy atom. The monoisotopic (exact) mass is 464 g/mol. The maximum atomic E-state index is 13.9. The molecular formula is C25H29F3NO4+. The second-order valence-corrected chi connectivity index (χ2v) is 8.01. The number of halogens is 3. The number of nitrogens with one attached hydrogen (secondary N) is 1. The van der Waals surface area contributed by atoms with Crippen LogP contribution in [-0.4, -0.2) is 18.2 Å². The number of fused-ring (bicyclic) bond motifs is 1. The van der Waals surface area contributed by atoms with Gasteiger partial charge in [0.2, 0.25) is 11.2 Å². The Morgan fingerprint density at radius 2 is 1.76 bits per heavy atom. The van der Waals surface area contributed by atoms with E-state index >= 15 is 0 Å². The molecule has 2 aromatic carbocycles. The maximum Gasteiger partial charge on any atom is 0.453 e. The highest BCUT2D eigenvalue weighted by atomic mass is 19.4. The van der Waals surface area contributed by atoms with Crippen molar-refractivity contribution in [1.82, 2.24) is 0 Å². The summed E-state index contributed by atoms with van der Waals surface area (Å²) in [7, 11) is 0. The fourth-order valence-corrected chi connectivity index (χ4v) is 3.71. The number of phenols is 1. The fourth-order valence-electron chi connectivity index (χ4n) is 3.71. The van der Waals surface area contributed by atoms with Crippen LogP contribution in [0.25, 0.3) is 11.0 Å². The van der Waals surface area contributed by atoms with Gasteiger partial charge in [0, 0.05) is 0 Å². The number of quaternary nitrogens is 1. The average Bonchev–Trinajstić information content (AvgIpc) is 2.79. The van der Waals surface area contributed by atoms with Crippen molar-refractivity contribution >= 4 is 11.0 Å². The molecule has 1 atom stereocenters. The van der Waals surface area contributed by atoms with Crippen LogP contribution in [0.2, 0.25) is 0 Å². The van der Waals surface area contributed by atoms with Gasteiger partial charge in [-0.05, 0) is 49.6 Å². The number of hydrogen-bond donors (Lipinski definition) is 2. The molecule has 0 bridgehead atoms. The standard InChI is InChI=1S/C25H28F3NO4/c1-4-7-14-29(6-3)15-19-20(30)13-12-18-21(31)23(24(25(26,27)28)33-22(18)19)32-17-10-8-16(5-2)9-11-17/h8-13,30H,4-7,14-15H2,1-3H3/p+1. The predicted octanol–water partition coefficient (Wildman–Crippen LogP) is 5.08. The Morgan fingerprint density at radius 1 is 1.06 bits per heavy atom. The summed E-state index contributed by atoms with van der Waals surface area (Å²) in [4.78, 5) is 14.2. The van der Waals surface area contributed by atoms with Crippen LogP contribution in [0.3, 0.4) is 0 Å². The molecular weight excluding hydrogens is 435 g/mol. The third-order valence-electron chi connectivity index (χ3n) is 5.72. The molecule has 0 spiro atoms. The number of aromatic hydroxyl groups is 1. The zero-order valence-corrected chi connectivity index (χ0v) is 19.0. The summed E-state index contributed by atoms with van der Waals surface area (Å²) < 4.78 is 52.5. The van der Waals surface area contributed by atoms with Crippen LogP contribution in [-0.2, 0) is 19.1 Å². The van der Waals surface area contributed by atoms with Gasteiger partial charge in [0.15, 0.2) is 5.58 Å². The van der Waals surface area contributed by atoms with Gasteiger partial charge < -0.3 is 19.2 Å². The maximum absolute atomic E-state index is 13.9. The average molecular weight is 465 g/mol. The molecule has 178 valence electrons. The van der Waals surface area contributed by atoms with E-state index < -0.39 is 23.1 Å². The van der Waals surface area contributed by atoms with Crippen molar-refractivity contribution in [3.63, 3.8) is 0 Å². The van der Waals surface area contributed by atoms with Crippen LogP contribution in [0.5, 0.6) is 17.2 Å². The van der Waals surface area contributed by atoms with Gasteiger partial charge in [-0.3, -0.25) is 4.79 Å². The van der Waals surface area contributed by atoms with E-state index in [1.54, 1.807) is 12.1 Å². The molecule has 5 nitrogen and oxygen atoms in total. The number of hydrogen-bond acceptors (Lipinski definition) is 4. The summed E-state index contributed by atoms with van der Waals surface area (Å²) in [5, 5.41) is 10.4. The third-order valence-corrected chi connectivity index (χ3v) is 5.72. The van der Waals surface area contributed by atoms with E-state index in [4.69, 9.17) is 9.15 Å². The molecule has 0 amide bonds. The molecule has 0 aliphatic rings. The molecule has 0 saturated heterocycles. The first kappa shape index (κ1) is 24.6. The molecule has 1 aromatic heterocycles. The Kier molecular flexibility index (Phi) is 7.68.